The third-order valence-corrected chi connectivity index (χ3v) is 4.26. The lowest BCUT2D eigenvalue weighted by Gasteiger charge is -2.05. The van der Waals surface area contributed by atoms with Gasteiger partial charge in [0, 0.05) is 18.5 Å². The molecule has 0 amide bonds. The molecule has 0 bridgehead atoms. The molecule has 1 N–H and O–H groups in total. The summed E-state index contributed by atoms with van der Waals surface area (Å²) in [4.78, 5) is 5.54. The minimum Gasteiger partial charge on any atom is -0.322 e. The standard InChI is InChI=1S/C14H18ClN3S/c1-3-16-8-11-4-6-12(7-5-11)19-10-14-17-9-13(15)18(14)2/h4-7,9,16H,3,8,10H2,1-2H3. The van der Waals surface area contributed by atoms with Gasteiger partial charge in [0.25, 0.3) is 0 Å². The molecule has 3 nitrogen and oxygen atoms in total. The quantitative estimate of drug-likeness (QED) is 0.828. The van der Waals surface area contributed by atoms with Gasteiger partial charge < -0.3 is 9.88 Å². The van der Waals surface area contributed by atoms with Crippen LogP contribution in [-0.4, -0.2) is 16.1 Å². The van der Waals surface area contributed by atoms with Gasteiger partial charge in [-0.25, -0.2) is 4.98 Å². The zero-order valence-corrected chi connectivity index (χ0v) is 12.8. The van der Waals surface area contributed by atoms with E-state index >= 15 is 0 Å². The molecule has 0 saturated carbocycles. The molecule has 2 rings (SSSR count). The summed E-state index contributed by atoms with van der Waals surface area (Å²) in [6, 6.07) is 8.64. The van der Waals surface area contributed by atoms with Crippen molar-refractivity contribution in [2.24, 2.45) is 7.05 Å². The molecule has 0 aliphatic heterocycles. The zero-order chi connectivity index (χ0) is 13.7. The fraction of sp³-hybridized carbons (Fsp3) is 0.357. The Bertz CT molecular complexity index is 522. The second-order valence-electron chi connectivity index (χ2n) is 4.27. The van der Waals surface area contributed by atoms with Crippen molar-refractivity contribution in [2.75, 3.05) is 6.54 Å². The van der Waals surface area contributed by atoms with Crippen LogP contribution in [0.4, 0.5) is 0 Å². The number of benzene rings is 1. The van der Waals surface area contributed by atoms with E-state index in [-0.39, 0.29) is 0 Å². The third-order valence-electron chi connectivity index (χ3n) is 2.90. The first kappa shape index (κ1) is 14.4. The van der Waals surface area contributed by atoms with Crippen LogP contribution in [0.2, 0.25) is 5.15 Å². The largest absolute Gasteiger partial charge is 0.322 e. The summed E-state index contributed by atoms with van der Waals surface area (Å²) in [5, 5.41) is 3.99. The summed E-state index contributed by atoms with van der Waals surface area (Å²) in [7, 11) is 1.94. The summed E-state index contributed by atoms with van der Waals surface area (Å²) < 4.78 is 1.91. The van der Waals surface area contributed by atoms with E-state index in [9.17, 15) is 0 Å². The van der Waals surface area contributed by atoms with Gasteiger partial charge in [-0.2, -0.15) is 0 Å². The van der Waals surface area contributed by atoms with E-state index in [0.717, 1.165) is 24.7 Å². The smallest absolute Gasteiger partial charge is 0.128 e. The molecule has 0 aliphatic rings. The SMILES string of the molecule is CCNCc1ccc(SCc2ncc(Cl)n2C)cc1. The maximum absolute atomic E-state index is 5.96. The van der Waals surface area contributed by atoms with Gasteiger partial charge >= 0.3 is 0 Å². The maximum atomic E-state index is 5.96. The number of nitrogens with zero attached hydrogens (tertiary/aromatic N) is 2. The molecule has 0 radical (unpaired) electrons. The van der Waals surface area contributed by atoms with Crippen LogP contribution in [0.25, 0.3) is 0 Å². The van der Waals surface area contributed by atoms with Crippen molar-refractivity contribution in [3.8, 4) is 0 Å². The lowest BCUT2D eigenvalue weighted by atomic mass is 10.2. The van der Waals surface area contributed by atoms with E-state index < -0.39 is 0 Å². The van der Waals surface area contributed by atoms with Crippen molar-refractivity contribution in [2.45, 2.75) is 24.1 Å². The first-order valence-electron chi connectivity index (χ1n) is 6.29. The van der Waals surface area contributed by atoms with E-state index in [1.807, 2.05) is 11.6 Å². The Kier molecular flexibility index (Phi) is 5.31. The van der Waals surface area contributed by atoms with Crippen LogP contribution in [0.15, 0.2) is 35.4 Å². The first-order chi connectivity index (χ1) is 9.20. The molecule has 0 spiro atoms. The predicted molar refractivity (Wildman–Crippen MR) is 81.6 cm³/mol. The van der Waals surface area contributed by atoms with Crippen molar-refractivity contribution in [3.05, 3.63) is 47.0 Å². The molecular formula is C14H18ClN3S. The van der Waals surface area contributed by atoms with Crippen molar-refractivity contribution >= 4 is 23.4 Å². The van der Waals surface area contributed by atoms with E-state index in [4.69, 9.17) is 11.6 Å². The van der Waals surface area contributed by atoms with Crippen LogP contribution in [0.5, 0.6) is 0 Å². The maximum Gasteiger partial charge on any atom is 0.128 e. The van der Waals surface area contributed by atoms with Crippen LogP contribution in [0, 0.1) is 0 Å². The van der Waals surface area contributed by atoms with Gasteiger partial charge in [0.2, 0.25) is 0 Å². The Morgan fingerprint density at radius 2 is 2.05 bits per heavy atom. The summed E-state index contributed by atoms with van der Waals surface area (Å²) in [6.45, 7) is 4.04. The van der Waals surface area contributed by atoms with Gasteiger partial charge in [0.05, 0.1) is 11.9 Å². The molecule has 0 unspecified atom stereocenters. The average Bonchev–Trinajstić information content (AvgIpc) is 2.75. The number of thioether (sulfide) groups is 1. The average molecular weight is 296 g/mol. The Morgan fingerprint density at radius 1 is 1.32 bits per heavy atom. The number of nitrogens with one attached hydrogen (secondary N) is 1. The molecular weight excluding hydrogens is 278 g/mol. The highest BCUT2D eigenvalue weighted by atomic mass is 35.5. The summed E-state index contributed by atoms with van der Waals surface area (Å²) in [5.41, 5.74) is 1.31. The number of halogens is 1. The molecule has 0 aliphatic carbocycles. The van der Waals surface area contributed by atoms with E-state index in [0.29, 0.717) is 5.15 Å². The topological polar surface area (TPSA) is 29.9 Å². The highest BCUT2D eigenvalue weighted by molar-refractivity contribution is 7.98. The minimum atomic E-state index is 0.677. The van der Waals surface area contributed by atoms with Crippen LogP contribution in [-0.2, 0) is 19.3 Å². The number of aromatic nitrogens is 2. The van der Waals surface area contributed by atoms with Crippen molar-refractivity contribution < 1.29 is 0 Å². The molecule has 0 atom stereocenters. The van der Waals surface area contributed by atoms with Crippen molar-refractivity contribution in [1.29, 1.82) is 0 Å². The van der Waals surface area contributed by atoms with E-state index in [1.54, 1.807) is 18.0 Å². The molecule has 1 aromatic heterocycles. The molecule has 1 aromatic carbocycles. The van der Waals surface area contributed by atoms with Gasteiger partial charge in [0.15, 0.2) is 0 Å². The zero-order valence-electron chi connectivity index (χ0n) is 11.2. The van der Waals surface area contributed by atoms with Gasteiger partial charge in [-0.1, -0.05) is 30.7 Å². The number of hydrogen-bond acceptors (Lipinski definition) is 3. The Labute approximate surface area is 123 Å². The fourth-order valence-electron chi connectivity index (χ4n) is 1.68. The molecule has 0 saturated heterocycles. The van der Waals surface area contributed by atoms with Crippen molar-refractivity contribution in [3.63, 3.8) is 0 Å². The van der Waals surface area contributed by atoms with Crippen LogP contribution in [0.3, 0.4) is 0 Å². The van der Waals surface area contributed by atoms with Crippen LogP contribution in [0.1, 0.15) is 18.3 Å². The fourth-order valence-corrected chi connectivity index (χ4v) is 2.72. The number of imidazole rings is 1. The van der Waals surface area contributed by atoms with Gasteiger partial charge in [-0.05, 0) is 24.2 Å². The molecule has 0 fully saturated rings. The molecule has 1 heterocycles. The Morgan fingerprint density at radius 3 is 2.63 bits per heavy atom. The molecule has 2 aromatic rings. The summed E-state index contributed by atoms with van der Waals surface area (Å²) >= 11 is 7.74. The second-order valence-corrected chi connectivity index (χ2v) is 5.71. The normalized spacial score (nSPS) is 10.9. The van der Waals surface area contributed by atoms with E-state index in [2.05, 4.69) is 41.5 Å². The van der Waals surface area contributed by atoms with E-state index in [1.165, 1.54) is 10.5 Å². The number of rotatable bonds is 6. The lowest BCUT2D eigenvalue weighted by molar-refractivity contribution is 0.726. The molecule has 19 heavy (non-hydrogen) atoms. The van der Waals surface area contributed by atoms with Crippen molar-refractivity contribution in [1.82, 2.24) is 14.9 Å². The minimum absolute atomic E-state index is 0.677. The number of hydrogen-bond donors (Lipinski definition) is 1. The lowest BCUT2D eigenvalue weighted by Crippen LogP contribution is -2.11. The second kappa shape index (κ2) is 6.98. The van der Waals surface area contributed by atoms with Crippen LogP contribution < -0.4 is 5.32 Å². The Balaban J connectivity index is 1.91. The third kappa shape index (κ3) is 4.00. The Hall–Kier alpha value is -0.970. The van der Waals surface area contributed by atoms with Gasteiger partial charge in [0.1, 0.15) is 11.0 Å². The summed E-state index contributed by atoms with van der Waals surface area (Å²) in [6.07, 6.45) is 1.69. The van der Waals surface area contributed by atoms with Gasteiger partial charge in [-0.15, -0.1) is 11.8 Å². The molecule has 102 valence electrons. The molecule has 5 heteroatoms. The highest BCUT2D eigenvalue weighted by Crippen LogP contribution is 2.23. The monoisotopic (exact) mass is 295 g/mol. The first-order valence-corrected chi connectivity index (χ1v) is 7.65. The van der Waals surface area contributed by atoms with Crippen LogP contribution >= 0.6 is 23.4 Å². The highest BCUT2D eigenvalue weighted by Gasteiger charge is 2.05. The summed E-state index contributed by atoms with van der Waals surface area (Å²) in [5.74, 6) is 1.82. The predicted octanol–water partition coefficient (Wildman–Crippen LogP) is 3.48. The van der Waals surface area contributed by atoms with Gasteiger partial charge in [-0.3, -0.25) is 0 Å².